The van der Waals surface area contributed by atoms with Crippen molar-refractivity contribution in [3.05, 3.63) is 97.2 Å². The molecule has 0 saturated heterocycles. The van der Waals surface area contributed by atoms with Crippen LogP contribution in [0.4, 0.5) is 0 Å². The molecule has 0 bridgehead atoms. The molecule has 0 saturated carbocycles. The molecule has 0 heterocycles. The van der Waals surface area contributed by atoms with Gasteiger partial charge in [0.05, 0.1) is 0 Å². The topological polar surface area (TPSA) is 78.9 Å². The van der Waals surface area contributed by atoms with Gasteiger partial charge in [-0.05, 0) is 109 Å². The predicted octanol–water partition coefficient (Wildman–Crippen LogP) is 19.3. The van der Waals surface area contributed by atoms with Gasteiger partial charge in [0.2, 0.25) is 0 Å². The lowest BCUT2D eigenvalue weighted by Crippen LogP contribution is -2.30. The van der Waals surface area contributed by atoms with Crippen LogP contribution in [-0.4, -0.2) is 37.2 Å². The number of carbonyl (C=O) groups is 3. The van der Waals surface area contributed by atoms with Crippen molar-refractivity contribution in [3.63, 3.8) is 0 Å². The highest BCUT2D eigenvalue weighted by atomic mass is 16.6. The highest BCUT2D eigenvalue weighted by molar-refractivity contribution is 5.71. The SMILES string of the molecule is CC/C=C\C/C=C\C/C=C\C/C=C\C/C=C\C/C=C\CCC(=O)O[C@@H](COC(=O)CCCCCCC/C=C\CCCCCC)COC(=O)CCCCCCCCCCC/C=C\CCCCCCCC. The standard InChI is InChI=1S/C63H106O6/c1-4-7-10-13-16-19-22-25-27-29-31-33-35-38-41-44-47-50-53-56-62(65)68-59-60(58-67-61(64)55-52-49-46-43-40-37-24-21-18-15-12-9-6-3)69-63(66)57-54-51-48-45-42-39-36-34-32-30-28-26-23-20-17-14-11-8-5-2/h8,11,17,20-21,24-28,32,34,39,42,48,51,60H,4-7,9-10,12-16,18-19,22-23,29-31,33,35-38,40-41,43-47,49-50,52-59H2,1-3H3/b11-8-,20-17-,24-21-,27-25-,28-26-,34-32-,42-39-,51-48-/t60-/m0/s1. The van der Waals surface area contributed by atoms with Crippen LogP contribution in [0.2, 0.25) is 0 Å². The molecule has 0 N–H and O–H groups in total. The van der Waals surface area contributed by atoms with Gasteiger partial charge in [-0.1, -0.05) is 234 Å². The maximum absolute atomic E-state index is 12.8. The van der Waals surface area contributed by atoms with Gasteiger partial charge in [-0.25, -0.2) is 0 Å². The molecule has 0 aromatic rings. The first-order valence-electron chi connectivity index (χ1n) is 28.7. The minimum Gasteiger partial charge on any atom is -0.462 e. The number of rotatable bonds is 51. The van der Waals surface area contributed by atoms with Crippen molar-refractivity contribution in [1.29, 1.82) is 0 Å². The maximum atomic E-state index is 12.8. The summed E-state index contributed by atoms with van der Waals surface area (Å²) >= 11 is 0. The zero-order valence-electron chi connectivity index (χ0n) is 45.0. The van der Waals surface area contributed by atoms with Crippen molar-refractivity contribution in [2.24, 2.45) is 0 Å². The minimum atomic E-state index is -0.823. The molecule has 394 valence electrons. The summed E-state index contributed by atoms with van der Waals surface area (Å²) in [6, 6.07) is 0. The van der Waals surface area contributed by atoms with Gasteiger partial charge in [0.15, 0.2) is 6.10 Å². The molecular weight excluding hydrogens is 853 g/mol. The third-order valence-corrected chi connectivity index (χ3v) is 12.1. The van der Waals surface area contributed by atoms with Gasteiger partial charge in [-0.15, -0.1) is 0 Å². The van der Waals surface area contributed by atoms with Crippen LogP contribution >= 0.6 is 0 Å². The molecule has 0 aliphatic carbocycles. The smallest absolute Gasteiger partial charge is 0.306 e. The number of carbonyl (C=O) groups excluding carboxylic acids is 3. The zero-order chi connectivity index (χ0) is 50.0. The number of hydrogen-bond acceptors (Lipinski definition) is 6. The van der Waals surface area contributed by atoms with Crippen molar-refractivity contribution >= 4 is 17.9 Å². The van der Waals surface area contributed by atoms with E-state index in [-0.39, 0.29) is 31.6 Å². The second kappa shape index (κ2) is 56.9. The van der Waals surface area contributed by atoms with Crippen LogP contribution < -0.4 is 0 Å². The first-order chi connectivity index (χ1) is 34.0. The van der Waals surface area contributed by atoms with Gasteiger partial charge in [-0.3, -0.25) is 14.4 Å². The third-order valence-electron chi connectivity index (χ3n) is 12.1. The first-order valence-corrected chi connectivity index (χ1v) is 28.7. The molecule has 6 heteroatoms. The Kier molecular flexibility index (Phi) is 53.9. The summed E-state index contributed by atoms with van der Waals surface area (Å²) in [5, 5.41) is 0. The third kappa shape index (κ3) is 55.1. The second-order valence-electron chi connectivity index (χ2n) is 18.8. The molecule has 1 atom stereocenters. The first kappa shape index (κ1) is 65.3. The highest BCUT2D eigenvalue weighted by Crippen LogP contribution is 2.14. The minimum absolute atomic E-state index is 0.111. The zero-order valence-corrected chi connectivity index (χ0v) is 45.0. The molecule has 0 rings (SSSR count). The van der Waals surface area contributed by atoms with E-state index in [2.05, 4.69) is 112 Å². The van der Waals surface area contributed by atoms with E-state index in [0.29, 0.717) is 19.3 Å². The normalized spacial score (nSPS) is 12.8. The fourth-order valence-corrected chi connectivity index (χ4v) is 7.75. The van der Waals surface area contributed by atoms with Crippen molar-refractivity contribution < 1.29 is 28.6 Å². The van der Waals surface area contributed by atoms with Crippen molar-refractivity contribution in [2.75, 3.05) is 13.2 Å². The van der Waals surface area contributed by atoms with Gasteiger partial charge in [0.1, 0.15) is 13.2 Å². The van der Waals surface area contributed by atoms with Crippen molar-refractivity contribution in [1.82, 2.24) is 0 Å². The molecule has 0 aliphatic rings. The Morgan fingerprint density at radius 3 is 0.957 bits per heavy atom. The molecular formula is C63H106O6. The lowest BCUT2D eigenvalue weighted by atomic mass is 10.1. The van der Waals surface area contributed by atoms with Gasteiger partial charge in [0, 0.05) is 19.3 Å². The average Bonchev–Trinajstić information content (AvgIpc) is 3.35. The summed E-state index contributed by atoms with van der Waals surface area (Å²) in [7, 11) is 0. The Balaban J connectivity index is 4.49. The van der Waals surface area contributed by atoms with E-state index >= 15 is 0 Å². The number of esters is 3. The van der Waals surface area contributed by atoms with Crippen LogP contribution in [0.15, 0.2) is 97.2 Å². The van der Waals surface area contributed by atoms with Crippen LogP contribution in [0.3, 0.4) is 0 Å². The van der Waals surface area contributed by atoms with E-state index in [1.165, 1.54) is 128 Å². The number of ether oxygens (including phenoxy) is 3. The molecule has 0 fully saturated rings. The summed E-state index contributed by atoms with van der Waals surface area (Å²) in [6.07, 6.45) is 75.5. The Labute approximate surface area is 426 Å². The fourth-order valence-electron chi connectivity index (χ4n) is 7.75. The summed E-state index contributed by atoms with van der Waals surface area (Å²) in [4.78, 5) is 38.1. The van der Waals surface area contributed by atoms with Crippen LogP contribution in [0.1, 0.15) is 265 Å². The molecule has 0 aromatic heterocycles. The second-order valence-corrected chi connectivity index (χ2v) is 18.8. The Morgan fingerprint density at radius 2 is 0.594 bits per heavy atom. The lowest BCUT2D eigenvalue weighted by Gasteiger charge is -2.18. The number of allylic oxidation sites excluding steroid dienone is 16. The molecule has 0 aromatic carbocycles. The van der Waals surface area contributed by atoms with E-state index in [9.17, 15) is 14.4 Å². The molecule has 6 nitrogen and oxygen atoms in total. The monoisotopic (exact) mass is 959 g/mol. The van der Waals surface area contributed by atoms with E-state index in [0.717, 1.165) is 89.9 Å². The molecule has 0 spiro atoms. The molecule has 69 heavy (non-hydrogen) atoms. The summed E-state index contributed by atoms with van der Waals surface area (Å²) in [5.41, 5.74) is 0. The van der Waals surface area contributed by atoms with Crippen molar-refractivity contribution in [2.45, 2.75) is 271 Å². The maximum Gasteiger partial charge on any atom is 0.306 e. The molecule has 0 unspecified atom stereocenters. The van der Waals surface area contributed by atoms with E-state index in [4.69, 9.17) is 14.2 Å². The Hall–Kier alpha value is -3.67. The Bertz CT molecular complexity index is 1380. The van der Waals surface area contributed by atoms with E-state index in [1.807, 2.05) is 6.08 Å². The van der Waals surface area contributed by atoms with Crippen LogP contribution in [-0.2, 0) is 28.6 Å². The van der Waals surface area contributed by atoms with Crippen LogP contribution in [0, 0.1) is 0 Å². The van der Waals surface area contributed by atoms with Crippen molar-refractivity contribution in [3.8, 4) is 0 Å². The van der Waals surface area contributed by atoms with Crippen LogP contribution in [0.5, 0.6) is 0 Å². The molecule has 0 aliphatic heterocycles. The molecule has 0 amide bonds. The quantitative estimate of drug-likeness (QED) is 0.0262. The van der Waals surface area contributed by atoms with Gasteiger partial charge < -0.3 is 14.2 Å². The predicted molar refractivity (Wildman–Crippen MR) is 297 cm³/mol. The van der Waals surface area contributed by atoms with E-state index in [1.54, 1.807) is 0 Å². The van der Waals surface area contributed by atoms with Gasteiger partial charge >= 0.3 is 17.9 Å². The van der Waals surface area contributed by atoms with Gasteiger partial charge in [-0.2, -0.15) is 0 Å². The Morgan fingerprint density at radius 1 is 0.304 bits per heavy atom. The average molecular weight is 960 g/mol. The van der Waals surface area contributed by atoms with Gasteiger partial charge in [0.25, 0.3) is 0 Å². The van der Waals surface area contributed by atoms with E-state index < -0.39 is 12.1 Å². The molecule has 0 radical (unpaired) electrons. The lowest BCUT2D eigenvalue weighted by molar-refractivity contribution is -0.166. The highest BCUT2D eigenvalue weighted by Gasteiger charge is 2.19. The largest absolute Gasteiger partial charge is 0.462 e. The fraction of sp³-hybridized carbons (Fsp3) is 0.698. The number of unbranched alkanes of at least 4 members (excludes halogenated alkanes) is 24. The van der Waals surface area contributed by atoms with Crippen LogP contribution in [0.25, 0.3) is 0 Å². The summed E-state index contributed by atoms with van der Waals surface area (Å²) < 4.78 is 16.8. The summed E-state index contributed by atoms with van der Waals surface area (Å²) in [5.74, 6) is -1.00. The summed E-state index contributed by atoms with van der Waals surface area (Å²) in [6.45, 7) is 6.44. The number of hydrogen-bond donors (Lipinski definition) is 0.